The minimum Gasteiger partial charge on any atom is -0.497 e. The summed E-state index contributed by atoms with van der Waals surface area (Å²) in [6.07, 6.45) is 9.91. The van der Waals surface area contributed by atoms with Crippen LogP contribution in [0.15, 0.2) is 78.6 Å². The average Bonchev–Trinajstić information content (AvgIpc) is 3.46. The van der Waals surface area contributed by atoms with Gasteiger partial charge in [0.2, 0.25) is 11.8 Å². The van der Waals surface area contributed by atoms with Gasteiger partial charge in [-0.3, -0.25) is 9.78 Å². The molecule has 1 N–H and O–H groups in total. The Hall–Kier alpha value is -4.92. The van der Waals surface area contributed by atoms with Crippen molar-refractivity contribution >= 4 is 29.2 Å². The first-order valence-electron chi connectivity index (χ1n) is 15.1. The highest BCUT2D eigenvalue weighted by Crippen LogP contribution is 2.40. The van der Waals surface area contributed by atoms with E-state index < -0.39 is 11.7 Å². The summed E-state index contributed by atoms with van der Waals surface area (Å²) in [6.45, 7) is 8.22. The van der Waals surface area contributed by atoms with Crippen molar-refractivity contribution in [2.24, 2.45) is 0 Å². The largest absolute Gasteiger partial charge is 0.497 e. The number of likely N-dealkylation sites (N-methyl/N-ethyl adjacent to an activating group) is 1. The molecular weight excluding hydrogens is 568 g/mol. The number of ether oxygens (including phenoxy) is 3. The molecule has 0 fully saturated rings. The number of carbonyl (C=O) groups is 2. The Labute approximate surface area is 265 Å². The third kappa shape index (κ3) is 9.04. The number of methoxy groups -OCH3 is 1. The van der Waals surface area contributed by atoms with E-state index in [0.29, 0.717) is 5.88 Å². The highest BCUT2D eigenvalue weighted by Gasteiger charge is 2.23. The Morgan fingerprint density at radius 3 is 2.56 bits per heavy atom. The van der Waals surface area contributed by atoms with Crippen molar-refractivity contribution in [2.45, 2.75) is 46.1 Å². The highest BCUT2D eigenvalue weighted by molar-refractivity contribution is 6.01. The number of allylic oxidation sites excluding steroid dienone is 3. The number of fused-ring (bicyclic) bond motifs is 1. The molecule has 0 unspecified atom stereocenters. The number of amides is 2. The summed E-state index contributed by atoms with van der Waals surface area (Å²) < 4.78 is 17.0. The molecule has 1 aromatic carbocycles. The third-order valence-electron chi connectivity index (χ3n) is 7.14. The van der Waals surface area contributed by atoms with Crippen LogP contribution in [-0.4, -0.2) is 66.3 Å². The molecule has 2 heterocycles. The summed E-state index contributed by atoms with van der Waals surface area (Å²) in [4.78, 5) is 35.1. The molecule has 1 aliphatic carbocycles. The molecule has 9 nitrogen and oxygen atoms in total. The maximum atomic E-state index is 12.8. The van der Waals surface area contributed by atoms with Crippen LogP contribution in [-0.2, 0) is 16.0 Å². The van der Waals surface area contributed by atoms with Crippen molar-refractivity contribution in [3.05, 3.63) is 101 Å². The summed E-state index contributed by atoms with van der Waals surface area (Å²) in [5.74, 6) is 0.988. The van der Waals surface area contributed by atoms with Crippen LogP contribution in [0.1, 0.15) is 56.5 Å². The zero-order valence-electron chi connectivity index (χ0n) is 26.9. The molecule has 3 aromatic rings. The van der Waals surface area contributed by atoms with Crippen molar-refractivity contribution in [1.29, 1.82) is 0 Å². The molecule has 0 aliphatic heterocycles. The van der Waals surface area contributed by atoms with E-state index in [2.05, 4.69) is 46.5 Å². The maximum absolute atomic E-state index is 12.8. The van der Waals surface area contributed by atoms with Crippen molar-refractivity contribution in [3.8, 4) is 11.6 Å². The topological polar surface area (TPSA) is 103 Å². The van der Waals surface area contributed by atoms with Crippen molar-refractivity contribution in [3.63, 3.8) is 0 Å². The van der Waals surface area contributed by atoms with Crippen LogP contribution >= 0.6 is 0 Å². The Balaban J connectivity index is 1.56. The number of benzene rings is 1. The minimum absolute atomic E-state index is 0.193. The number of aromatic nitrogens is 2. The lowest BCUT2D eigenvalue weighted by Crippen LogP contribution is -2.39. The van der Waals surface area contributed by atoms with Gasteiger partial charge >= 0.3 is 6.09 Å². The number of nitrogens with zero attached hydrogens (tertiary/aromatic N) is 3. The van der Waals surface area contributed by atoms with Crippen LogP contribution < -0.4 is 14.8 Å². The number of pyridine rings is 2. The maximum Gasteiger partial charge on any atom is 0.410 e. The molecule has 0 saturated carbocycles. The summed E-state index contributed by atoms with van der Waals surface area (Å²) in [6, 6.07) is 16.0. The Morgan fingerprint density at radius 1 is 1.07 bits per heavy atom. The molecule has 1 aliphatic rings. The van der Waals surface area contributed by atoms with Crippen LogP contribution in [0.3, 0.4) is 0 Å². The Morgan fingerprint density at radius 2 is 1.89 bits per heavy atom. The lowest BCUT2D eigenvalue weighted by atomic mass is 9.88. The summed E-state index contributed by atoms with van der Waals surface area (Å²) in [5, 5.41) is 2.52. The normalized spacial score (nSPS) is 13.1. The minimum atomic E-state index is -0.655. The van der Waals surface area contributed by atoms with Gasteiger partial charge in [-0.15, -0.1) is 0 Å². The number of nitrogens with one attached hydrogen (secondary N) is 1. The summed E-state index contributed by atoms with van der Waals surface area (Å²) in [5.41, 5.74) is 7.05. The van der Waals surface area contributed by atoms with Gasteiger partial charge in [-0.1, -0.05) is 31.2 Å². The predicted molar refractivity (Wildman–Crippen MR) is 177 cm³/mol. The molecule has 2 aromatic heterocycles. The lowest BCUT2D eigenvalue weighted by Gasteiger charge is -2.26. The van der Waals surface area contributed by atoms with E-state index >= 15 is 0 Å². The van der Waals surface area contributed by atoms with Gasteiger partial charge in [0, 0.05) is 50.1 Å². The SMILES string of the molecule is CC/C(=C(\C1=Cc2cccnc2C1)c1ccc(OCCN(C/C=C/C(=O)NC)C(=O)OC(C)(C)C)nc1)c1cccc(OC)c1. The first kappa shape index (κ1) is 33.0. The van der Waals surface area contributed by atoms with Crippen molar-refractivity contribution in [1.82, 2.24) is 20.2 Å². The zero-order valence-corrected chi connectivity index (χ0v) is 26.9. The molecule has 0 radical (unpaired) electrons. The smallest absolute Gasteiger partial charge is 0.410 e. The summed E-state index contributed by atoms with van der Waals surface area (Å²) in [7, 11) is 3.22. The molecule has 236 valence electrons. The van der Waals surface area contributed by atoms with Crippen LogP contribution in [0.5, 0.6) is 11.6 Å². The lowest BCUT2D eigenvalue weighted by molar-refractivity contribution is -0.116. The quantitative estimate of drug-likeness (QED) is 0.238. The standard InChI is InChI=1S/C36H42N4O5/c1-7-30(25-11-8-13-29(22-25)43-6)34(28-21-26-12-9-17-38-31(26)23-28)27-15-16-33(39-24-27)44-20-19-40(18-10-14-32(41)37-5)35(42)45-36(2,3)4/h8-17,21-22,24H,7,18-20,23H2,1-6H3,(H,37,41)/b14-10+,34-30+. The average molecular weight is 611 g/mol. The van der Waals surface area contributed by atoms with Gasteiger partial charge in [-0.05, 0) is 85.4 Å². The van der Waals surface area contributed by atoms with Crippen molar-refractivity contribution < 1.29 is 23.8 Å². The second-order valence-electron chi connectivity index (χ2n) is 11.5. The van der Waals surface area contributed by atoms with Crippen LogP contribution in [0, 0.1) is 0 Å². The van der Waals surface area contributed by atoms with Gasteiger partial charge in [-0.25, -0.2) is 9.78 Å². The molecule has 0 bridgehead atoms. The molecular formula is C36H42N4O5. The van der Waals surface area contributed by atoms with E-state index in [1.54, 1.807) is 20.2 Å². The van der Waals surface area contributed by atoms with Crippen molar-refractivity contribution in [2.75, 3.05) is 33.9 Å². The molecule has 0 saturated heterocycles. The first-order valence-corrected chi connectivity index (χ1v) is 15.1. The zero-order chi connectivity index (χ0) is 32.4. The van der Waals surface area contributed by atoms with E-state index in [1.807, 2.05) is 63.5 Å². The van der Waals surface area contributed by atoms with E-state index in [9.17, 15) is 9.59 Å². The molecule has 0 atom stereocenters. The number of hydrogen-bond acceptors (Lipinski definition) is 7. The fourth-order valence-corrected chi connectivity index (χ4v) is 5.03. The van der Waals surface area contributed by atoms with Gasteiger partial charge in [0.25, 0.3) is 0 Å². The first-order chi connectivity index (χ1) is 21.6. The molecule has 9 heteroatoms. The van der Waals surface area contributed by atoms with E-state index in [4.69, 9.17) is 14.2 Å². The number of hydrogen-bond donors (Lipinski definition) is 1. The fraction of sp³-hybridized carbons (Fsp3) is 0.333. The van der Waals surface area contributed by atoms with Crippen LogP contribution in [0.4, 0.5) is 4.79 Å². The van der Waals surface area contributed by atoms with Gasteiger partial charge < -0.3 is 24.4 Å². The second kappa shape index (κ2) is 15.2. The Bertz CT molecular complexity index is 1590. The second-order valence-corrected chi connectivity index (χ2v) is 11.5. The van der Waals surface area contributed by atoms with Crippen LogP contribution in [0.2, 0.25) is 0 Å². The van der Waals surface area contributed by atoms with Gasteiger partial charge in [-0.2, -0.15) is 0 Å². The van der Waals surface area contributed by atoms with E-state index in [1.165, 1.54) is 22.1 Å². The van der Waals surface area contributed by atoms with E-state index in [-0.39, 0.29) is 25.6 Å². The number of carbonyl (C=O) groups excluding carboxylic acids is 2. The van der Waals surface area contributed by atoms with Gasteiger partial charge in [0.15, 0.2) is 0 Å². The predicted octanol–water partition coefficient (Wildman–Crippen LogP) is 6.36. The molecule has 45 heavy (non-hydrogen) atoms. The molecule has 2 amide bonds. The highest BCUT2D eigenvalue weighted by atomic mass is 16.6. The molecule has 0 spiro atoms. The Kier molecular flexibility index (Phi) is 11.1. The molecule has 4 rings (SSSR count). The van der Waals surface area contributed by atoms with Gasteiger partial charge in [0.05, 0.1) is 19.3 Å². The van der Waals surface area contributed by atoms with E-state index in [0.717, 1.165) is 46.5 Å². The monoisotopic (exact) mass is 610 g/mol. The summed E-state index contributed by atoms with van der Waals surface area (Å²) >= 11 is 0. The fourth-order valence-electron chi connectivity index (χ4n) is 5.03. The third-order valence-corrected chi connectivity index (χ3v) is 7.14. The van der Waals surface area contributed by atoms with Gasteiger partial charge in [0.1, 0.15) is 18.0 Å². The van der Waals surface area contributed by atoms with Crippen LogP contribution in [0.25, 0.3) is 17.2 Å². The number of rotatable bonds is 12.